The molecule has 0 aromatic carbocycles. The molecule has 1 unspecified atom stereocenters. The van der Waals surface area contributed by atoms with Gasteiger partial charge in [-0.05, 0) is 0 Å². The number of nitrogens with two attached hydrogens (primary N) is 3. The minimum atomic E-state index is -0.478. The van der Waals surface area contributed by atoms with Gasteiger partial charge >= 0.3 is 0 Å². The summed E-state index contributed by atoms with van der Waals surface area (Å²) in [6.07, 6.45) is 0. The average Bonchev–Trinajstić information content (AvgIpc) is 2.17. The minimum absolute atomic E-state index is 0.378. The van der Waals surface area contributed by atoms with Gasteiger partial charge < -0.3 is 16.8 Å². The second-order valence-electron chi connectivity index (χ2n) is 2.76. The first-order chi connectivity index (χ1) is 5.04. The zero-order valence-corrected chi connectivity index (χ0v) is 7.53. The largest absolute Gasteiger partial charge is 0.390 e. The maximum Gasteiger partial charge on any atom is 0.132 e. The number of hydrogen-bond acceptors (Lipinski definition) is 4. The Kier molecular flexibility index (Phi) is 2.10. The van der Waals surface area contributed by atoms with Crippen molar-refractivity contribution in [2.75, 3.05) is 0 Å². The first kappa shape index (κ1) is 8.42. The molecule has 0 aromatic rings. The molecule has 11 heavy (non-hydrogen) atoms. The third-order valence-electron chi connectivity index (χ3n) is 1.52. The van der Waals surface area contributed by atoms with Crippen LogP contribution in [0.2, 0.25) is 0 Å². The van der Waals surface area contributed by atoms with Crippen LogP contribution in [-0.2, 0) is 0 Å². The molecular formula is C6H14N4S. The van der Waals surface area contributed by atoms with E-state index < -0.39 is 10.7 Å². The van der Waals surface area contributed by atoms with Crippen molar-refractivity contribution in [3.63, 3.8) is 0 Å². The van der Waals surface area contributed by atoms with E-state index >= 15 is 0 Å². The highest BCUT2D eigenvalue weighted by molar-refractivity contribution is 8.17. The second kappa shape index (κ2) is 2.75. The number of nitrogens with one attached hydrogen (secondary N) is 1. The van der Waals surface area contributed by atoms with Gasteiger partial charge in [-0.2, -0.15) is 0 Å². The summed E-state index contributed by atoms with van der Waals surface area (Å²) in [6, 6.07) is 0. The van der Waals surface area contributed by atoms with Crippen LogP contribution in [0.5, 0.6) is 0 Å². The topological polar surface area (TPSA) is 90.1 Å². The lowest BCUT2D eigenvalue weighted by molar-refractivity contribution is 0.856. The maximum atomic E-state index is 5.78. The Morgan fingerprint density at radius 1 is 1.36 bits per heavy atom. The van der Waals surface area contributed by atoms with Crippen LogP contribution >= 0.6 is 10.7 Å². The third-order valence-corrected chi connectivity index (χ3v) is 3.26. The molecule has 5 heteroatoms. The Morgan fingerprint density at radius 2 is 1.91 bits per heavy atom. The van der Waals surface area contributed by atoms with Crippen molar-refractivity contribution in [1.82, 2.24) is 5.32 Å². The molecule has 0 saturated heterocycles. The average molecular weight is 174 g/mol. The summed E-state index contributed by atoms with van der Waals surface area (Å²) in [5, 5.41) is 9.35. The first-order valence-electron chi connectivity index (χ1n) is 3.41. The van der Waals surface area contributed by atoms with Crippen LogP contribution in [0.3, 0.4) is 0 Å². The highest BCUT2D eigenvalue weighted by atomic mass is 32.2. The van der Waals surface area contributed by atoms with E-state index in [1.54, 1.807) is 0 Å². The van der Waals surface area contributed by atoms with Gasteiger partial charge in [-0.1, -0.05) is 24.5 Å². The van der Waals surface area contributed by atoms with Crippen LogP contribution in [0, 0.1) is 5.92 Å². The van der Waals surface area contributed by atoms with Gasteiger partial charge in [0, 0.05) is 5.92 Å². The van der Waals surface area contributed by atoms with Crippen molar-refractivity contribution in [1.29, 1.82) is 0 Å². The van der Waals surface area contributed by atoms with E-state index in [4.69, 9.17) is 16.6 Å². The van der Waals surface area contributed by atoms with Gasteiger partial charge in [0.05, 0.1) is 4.99 Å². The summed E-state index contributed by atoms with van der Waals surface area (Å²) < 4.78 is 0. The fourth-order valence-corrected chi connectivity index (χ4v) is 2.14. The van der Waals surface area contributed by atoms with E-state index in [9.17, 15) is 0 Å². The predicted octanol–water partition coefficient (Wildman–Crippen LogP) is -0.438. The summed E-state index contributed by atoms with van der Waals surface area (Å²) in [6.45, 7) is 4.11. The van der Waals surface area contributed by atoms with Crippen LogP contribution in [0.1, 0.15) is 13.8 Å². The van der Waals surface area contributed by atoms with Gasteiger partial charge in [0.15, 0.2) is 0 Å². The molecule has 0 amide bonds. The molecule has 0 aromatic heterocycles. The molecule has 1 atom stereocenters. The van der Waals surface area contributed by atoms with Gasteiger partial charge in [-0.15, -0.1) is 0 Å². The van der Waals surface area contributed by atoms with Crippen molar-refractivity contribution >= 4 is 15.7 Å². The molecule has 1 rings (SSSR count). The quantitative estimate of drug-likeness (QED) is 0.406. The van der Waals surface area contributed by atoms with Crippen LogP contribution in [0.15, 0.2) is 10.9 Å². The molecule has 0 aliphatic carbocycles. The monoisotopic (exact) mass is 174 g/mol. The molecule has 0 bridgehead atoms. The van der Waals surface area contributed by atoms with E-state index in [1.807, 2.05) is 0 Å². The third kappa shape index (κ3) is 1.34. The molecule has 4 nitrogen and oxygen atoms in total. The van der Waals surface area contributed by atoms with Gasteiger partial charge in [-0.25, -0.2) is 0 Å². The SMILES string of the molecule is CC(C)C1=S(N)C(N)=C(N)N1. The molecule has 0 radical (unpaired) electrons. The first-order valence-corrected chi connectivity index (χ1v) is 4.70. The zero-order valence-electron chi connectivity index (χ0n) is 6.72. The van der Waals surface area contributed by atoms with Crippen molar-refractivity contribution < 1.29 is 0 Å². The fraction of sp³-hybridized carbons (Fsp3) is 0.500. The zero-order chi connectivity index (χ0) is 8.59. The Hall–Kier alpha value is -0.680. The smallest absolute Gasteiger partial charge is 0.132 e. The van der Waals surface area contributed by atoms with Crippen molar-refractivity contribution in [3.8, 4) is 0 Å². The van der Waals surface area contributed by atoms with Crippen LogP contribution in [0.4, 0.5) is 0 Å². The highest BCUT2D eigenvalue weighted by Crippen LogP contribution is 2.22. The molecule has 0 saturated carbocycles. The molecule has 0 fully saturated rings. The molecule has 1 heterocycles. The van der Waals surface area contributed by atoms with E-state index in [0.29, 0.717) is 16.8 Å². The van der Waals surface area contributed by atoms with Gasteiger partial charge in [-0.3, -0.25) is 5.14 Å². The van der Waals surface area contributed by atoms with Crippen LogP contribution in [-0.4, -0.2) is 4.99 Å². The summed E-state index contributed by atoms with van der Waals surface area (Å²) >= 11 is 0. The summed E-state index contributed by atoms with van der Waals surface area (Å²) in [4.78, 5) is 1.03. The van der Waals surface area contributed by atoms with Crippen molar-refractivity contribution in [3.05, 3.63) is 10.9 Å². The van der Waals surface area contributed by atoms with E-state index in [1.165, 1.54) is 0 Å². The van der Waals surface area contributed by atoms with E-state index in [0.717, 1.165) is 4.99 Å². The second-order valence-corrected chi connectivity index (χ2v) is 4.31. The summed E-state index contributed by atoms with van der Waals surface area (Å²) in [5.41, 5.74) is 11.2. The summed E-state index contributed by atoms with van der Waals surface area (Å²) in [7, 11) is -0.478. The van der Waals surface area contributed by atoms with E-state index in [-0.39, 0.29) is 0 Å². The van der Waals surface area contributed by atoms with Gasteiger partial charge in [0.25, 0.3) is 0 Å². The lowest BCUT2D eigenvalue weighted by Crippen LogP contribution is -2.27. The molecule has 64 valence electrons. The van der Waals surface area contributed by atoms with Crippen molar-refractivity contribution in [2.45, 2.75) is 13.8 Å². The predicted molar refractivity (Wildman–Crippen MR) is 50.2 cm³/mol. The minimum Gasteiger partial charge on any atom is -0.390 e. The standard InChI is InChI=1S/C6H14N4S/c1-3(2)6-10-4(7)5(8)11(6)9/h3,10H,7-9H2,1-2H3. The highest BCUT2D eigenvalue weighted by Gasteiger charge is 2.18. The van der Waals surface area contributed by atoms with Crippen LogP contribution in [0.25, 0.3) is 0 Å². The number of rotatable bonds is 1. The fourth-order valence-electron chi connectivity index (χ4n) is 0.885. The molecule has 7 N–H and O–H groups in total. The van der Waals surface area contributed by atoms with Gasteiger partial charge in [0.1, 0.15) is 10.9 Å². The molecule has 1 aliphatic rings. The molecular weight excluding hydrogens is 160 g/mol. The Balaban J connectivity index is 2.93. The van der Waals surface area contributed by atoms with E-state index in [2.05, 4.69) is 19.2 Å². The molecule has 1 aliphatic heterocycles. The number of hydrogen-bond donors (Lipinski definition) is 4. The molecule has 0 spiro atoms. The maximum absolute atomic E-state index is 5.78. The van der Waals surface area contributed by atoms with Crippen LogP contribution < -0.4 is 21.9 Å². The lowest BCUT2D eigenvalue weighted by atomic mass is 10.2. The lowest BCUT2D eigenvalue weighted by Gasteiger charge is -2.08. The normalized spacial score (nSPS) is 24.7. The Labute approximate surface area is 68.9 Å². The summed E-state index contributed by atoms with van der Waals surface area (Å²) in [5.74, 6) is 0.891. The Morgan fingerprint density at radius 3 is 2.09 bits per heavy atom. The Bertz CT molecular complexity index is 241. The van der Waals surface area contributed by atoms with Gasteiger partial charge in [0.2, 0.25) is 0 Å². The van der Waals surface area contributed by atoms with Crippen molar-refractivity contribution in [2.24, 2.45) is 22.5 Å².